The van der Waals surface area contributed by atoms with E-state index in [-0.39, 0.29) is 41.4 Å². The van der Waals surface area contributed by atoms with Gasteiger partial charge in [0.2, 0.25) is 0 Å². The number of carbonyl (C=O) groups is 2. The van der Waals surface area contributed by atoms with Crippen LogP contribution in [0, 0.1) is 0 Å². The van der Waals surface area contributed by atoms with E-state index in [0.717, 1.165) is 79.1 Å². The largest absolute Gasteiger partial charge is 0.393 e. The maximum Gasteiger partial charge on any atom is 0.264 e. The third kappa shape index (κ3) is 12.7. The van der Waals surface area contributed by atoms with E-state index in [9.17, 15) is 23.1 Å². The van der Waals surface area contributed by atoms with E-state index in [1.54, 1.807) is 43.3 Å². The number of piperidine rings is 1. The molecule has 2 atom stereocenters. The number of benzene rings is 4. The van der Waals surface area contributed by atoms with Crippen LogP contribution in [0.15, 0.2) is 131 Å². The van der Waals surface area contributed by atoms with Gasteiger partial charge in [-0.05, 0) is 124 Å². The molecular formula is C48H57N5O6S2. The topological polar surface area (TPSA) is 141 Å². The average molecular weight is 864 g/mol. The fourth-order valence-electron chi connectivity index (χ4n) is 7.72. The number of aliphatic hydroxyl groups is 1. The lowest BCUT2D eigenvalue weighted by atomic mass is 9.82. The Bertz CT molecular complexity index is 2290. The molecule has 1 unspecified atom stereocenters. The molecule has 61 heavy (non-hydrogen) atoms. The minimum atomic E-state index is -4.29. The van der Waals surface area contributed by atoms with E-state index in [1.807, 2.05) is 62.8 Å². The van der Waals surface area contributed by atoms with Crippen LogP contribution in [0.5, 0.6) is 0 Å². The number of rotatable bonds is 21. The third-order valence-electron chi connectivity index (χ3n) is 11.3. The van der Waals surface area contributed by atoms with Gasteiger partial charge in [-0.1, -0.05) is 48.5 Å². The number of sulfonamides is 1. The molecule has 1 aliphatic rings. The zero-order chi connectivity index (χ0) is 43.2. The molecule has 1 amide bonds. The number of amides is 1. The first-order chi connectivity index (χ1) is 29.5. The van der Waals surface area contributed by atoms with Crippen LogP contribution in [-0.2, 0) is 32.4 Å². The van der Waals surface area contributed by atoms with Crippen molar-refractivity contribution in [3.8, 4) is 11.1 Å². The lowest BCUT2D eigenvalue weighted by Crippen LogP contribution is -2.47. The molecule has 3 N–H and O–H groups in total. The predicted octanol–water partition coefficient (Wildman–Crippen LogP) is 7.50. The molecule has 1 aromatic heterocycles. The number of carbonyl (C=O) groups excluding carboxylic acids is 2. The van der Waals surface area contributed by atoms with Gasteiger partial charge in [-0.15, -0.1) is 11.8 Å². The SMILES string of the molecule is COC1(Cc2ccccc2-c2cccnc2)CCN(c2ccc(C(=O)NS(=O)(=O)c3ccc(N[C@H](CCN(C)C)CSc4ccccc4)c(CC(O)CCC=O)c3)cc2)CC1. The molecule has 5 aromatic rings. The molecule has 322 valence electrons. The van der Waals surface area contributed by atoms with E-state index >= 15 is 0 Å². The third-order valence-corrected chi connectivity index (χ3v) is 13.8. The molecule has 0 saturated carbocycles. The molecule has 1 saturated heterocycles. The highest BCUT2D eigenvalue weighted by Crippen LogP contribution is 2.35. The highest BCUT2D eigenvalue weighted by Gasteiger charge is 2.35. The molecule has 4 aromatic carbocycles. The van der Waals surface area contributed by atoms with Crippen molar-refractivity contribution in [1.29, 1.82) is 0 Å². The van der Waals surface area contributed by atoms with Crippen molar-refractivity contribution in [2.75, 3.05) is 56.8 Å². The normalized spacial score (nSPS) is 14.9. The minimum Gasteiger partial charge on any atom is -0.393 e. The van der Waals surface area contributed by atoms with Crippen LogP contribution >= 0.6 is 11.8 Å². The Morgan fingerprint density at radius 1 is 0.951 bits per heavy atom. The van der Waals surface area contributed by atoms with E-state index < -0.39 is 22.0 Å². The quantitative estimate of drug-likeness (QED) is 0.0499. The van der Waals surface area contributed by atoms with Gasteiger partial charge in [-0.2, -0.15) is 0 Å². The molecule has 11 nitrogen and oxygen atoms in total. The van der Waals surface area contributed by atoms with Crippen molar-refractivity contribution in [2.24, 2.45) is 0 Å². The summed E-state index contributed by atoms with van der Waals surface area (Å²) in [5.74, 6) is 0.0148. The number of aromatic nitrogens is 1. The lowest BCUT2D eigenvalue weighted by Gasteiger charge is -2.42. The molecule has 1 fully saturated rings. The van der Waals surface area contributed by atoms with Crippen molar-refractivity contribution in [1.82, 2.24) is 14.6 Å². The van der Waals surface area contributed by atoms with Gasteiger partial charge in [0.25, 0.3) is 15.9 Å². The van der Waals surface area contributed by atoms with E-state index in [2.05, 4.69) is 61.2 Å². The van der Waals surface area contributed by atoms with Crippen LogP contribution in [0.25, 0.3) is 11.1 Å². The standard InChI is InChI=1S/C48H57N5O6S2/c1-52(2)27-23-40(35-60-43-14-5-4-6-15-43)50-46-22-21-44(32-39(46)31-42(55)13-10-30-54)61(57,58)51-47(56)36-17-19-41(20-18-36)53-28-24-48(59-3,25-29-53)33-37-11-7-8-16-45(37)38-12-9-26-49-34-38/h4-9,11-12,14-22,26,30,32,34,40,42,50,55H,10,13,23-25,27-29,31,33,35H2,1-3H3,(H,51,56)/t40-,42?/m1/s1. The second kappa shape index (κ2) is 21.7. The molecule has 1 aliphatic heterocycles. The van der Waals surface area contributed by atoms with Gasteiger partial charge < -0.3 is 29.8 Å². The van der Waals surface area contributed by atoms with Crippen LogP contribution in [0.4, 0.5) is 11.4 Å². The highest BCUT2D eigenvalue weighted by molar-refractivity contribution is 7.99. The fraction of sp³-hybridized carbons (Fsp3) is 0.354. The fourth-order valence-corrected chi connectivity index (χ4v) is 9.74. The van der Waals surface area contributed by atoms with Crippen molar-refractivity contribution in [3.05, 3.63) is 138 Å². The van der Waals surface area contributed by atoms with Gasteiger partial charge in [0.05, 0.1) is 16.6 Å². The second-order valence-electron chi connectivity index (χ2n) is 15.9. The summed E-state index contributed by atoms with van der Waals surface area (Å²) in [4.78, 5) is 34.3. The van der Waals surface area contributed by atoms with Gasteiger partial charge in [0, 0.05) is 91.0 Å². The molecule has 2 heterocycles. The number of nitrogens with one attached hydrogen (secondary N) is 2. The van der Waals surface area contributed by atoms with Crippen molar-refractivity contribution in [2.45, 2.75) is 72.5 Å². The van der Waals surface area contributed by atoms with Crippen molar-refractivity contribution in [3.63, 3.8) is 0 Å². The zero-order valence-electron chi connectivity index (χ0n) is 35.2. The number of methoxy groups -OCH3 is 1. The Balaban J connectivity index is 1.12. The molecule has 0 aliphatic carbocycles. The first kappa shape index (κ1) is 45.5. The average Bonchev–Trinajstić information content (AvgIpc) is 3.28. The molecule has 0 bridgehead atoms. The summed E-state index contributed by atoms with van der Waals surface area (Å²) < 4.78 is 35.9. The van der Waals surface area contributed by atoms with Gasteiger partial charge in [-0.25, -0.2) is 13.1 Å². The number of pyridine rings is 1. The summed E-state index contributed by atoms with van der Waals surface area (Å²) in [6, 6.07) is 34.2. The first-order valence-electron chi connectivity index (χ1n) is 20.8. The number of nitrogens with zero attached hydrogens (tertiary/aromatic N) is 3. The van der Waals surface area contributed by atoms with E-state index in [0.29, 0.717) is 11.3 Å². The molecule has 13 heteroatoms. The monoisotopic (exact) mass is 863 g/mol. The van der Waals surface area contributed by atoms with Crippen LogP contribution < -0.4 is 14.9 Å². The van der Waals surface area contributed by atoms with Crippen molar-refractivity contribution < 1.29 is 27.9 Å². The maximum absolute atomic E-state index is 13.7. The summed E-state index contributed by atoms with van der Waals surface area (Å²) in [5.41, 5.74) is 5.53. The minimum absolute atomic E-state index is 0.0245. The van der Waals surface area contributed by atoms with Gasteiger partial charge in [-0.3, -0.25) is 9.78 Å². The van der Waals surface area contributed by atoms with E-state index in [4.69, 9.17) is 4.74 Å². The Labute approximate surface area is 365 Å². The number of aliphatic hydroxyl groups excluding tert-OH is 1. The van der Waals surface area contributed by atoms with Gasteiger partial charge in [0.1, 0.15) is 6.29 Å². The molecular weight excluding hydrogens is 807 g/mol. The number of ether oxygens (including phenoxy) is 1. The predicted molar refractivity (Wildman–Crippen MR) is 245 cm³/mol. The molecule has 6 rings (SSSR count). The second-order valence-corrected chi connectivity index (χ2v) is 18.7. The first-order valence-corrected chi connectivity index (χ1v) is 23.2. The van der Waals surface area contributed by atoms with Crippen LogP contribution in [0.2, 0.25) is 0 Å². The number of hydrogen-bond acceptors (Lipinski definition) is 11. The van der Waals surface area contributed by atoms with Crippen molar-refractivity contribution >= 4 is 45.4 Å². The van der Waals surface area contributed by atoms with Gasteiger partial charge in [0.15, 0.2) is 0 Å². The number of thioether (sulfide) groups is 1. The molecule has 0 radical (unpaired) electrons. The summed E-state index contributed by atoms with van der Waals surface area (Å²) in [6.45, 7) is 2.34. The Morgan fingerprint density at radius 3 is 2.38 bits per heavy atom. The summed E-state index contributed by atoms with van der Waals surface area (Å²) in [5, 5.41) is 14.5. The summed E-state index contributed by atoms with van der Waals surface area (Å²) in [7, 11) is 1.53. The summed E-state index contributed by atoms with van der Waals surface area (Å²) >= 11 is 1.73. The number of hydrogen-bond donors (Lipinski definition) is 3. The summed E-state index contributed by atoms with van der Waals surface area (Å²) in [6.07, 6.45) is 7.31. The Kier molecular flexibility index (Phi) is 16.1. The molecule has 0 spiro atoms. The Morgan fingerprint density at radius 2 is 1.69 bits per heavy atom. The van der Waals surface area contributed by atoms with Crippen LogP contribution in [0.3, 0.4) is 0 Å². The highest BCUT2D eigenvalue weighted by atomic mass is 32.2. The zero-order valence-corrected chi connectivity index (χ0v) is 36.8. The lowest BCUT2D eigenvalue weighted by molar-refractivity contribution is -0.108. The van der Waals surface area contributed by atoms with Crippen LogP contribution in [0.1, 0.15) is 53.6 Å². The smallest absolute Gasteiger partial charge is 0.264 e. The van der Waals surface area contributed by atoms with Gasteiger partial charge >= 0.3 is 0 Å². The Hall–Kier alpha value is -5.05. The number of aldehydes is 1. The maximum atomic E-state index is 13.7. The van der Waals surface area contributed by atoms with E-state index in [1.165, 1.54) is 17.7 Å². The van der Waals surface area contributed by atoms with Crippen LogP contribution in [-0.4, -0.2) is 99.9 Å². The number of anilines is 2.